The normalized spacial score (nSPS) is 30.5. The number of hydrogen-bond donors (Lipinski definition) is 4. The third-order valence-corrected chi connectivity index (χ3v) is 14.2. The molecule has 0 aliphatic carbocycles. The summed E-state index contributed by atoms with van der Waals surface area (Å²) in [5.41, 5.74) is 2.93. The molecule has 0 amide bonds. The van der Waals surface area contributed by atoms with Crippen LogP contribution >= 0.6 is 0 Å². The summed E-state index contributed by atoms with van der Waals surface area (Å²) in [7, 11) is 4.78. The summed E-state index contributed by atoms with van der Waals surface area (Å²) >= 11 is -2.06. The van der Waals surface area contributed by atoms with Crippen molar-refractivity contribution in [3.05, 3.63) is 62.7 Å². The van der Waals surface area contributed by atoms with E-state index in [4.69, 9.17) is 28.4 Å². The SMILES string of the molecule is COc1cc2c(cc1O)CCN[C@]21C[S+]([O-])[C@@H]2c3c(OC(C)=O)c(C)c4c(c3[C@H](COC1=O)N1C2C2c3c(cc(C)c(OC)c3O)C[C@@H]([C@@H]1O)N2C)OCO4. The van der Waals surface area contributed by atoms with Crippen molar-refractivity contribution in [3.8, 4) is 40.2 Å². The Morgan fingerprint density at radius 2 is 1.80 bits per heavy atom. The highest BCUT2D eigenvalue weighted by molar-refractivity contribution is 7.91. The van der Waals surface area contributed by atoms with Gasteiger partial charge in [-0.25, -0.2) is 4.79 Å². The minimum Gasteiger partial charge on any atom is -0.616 e. The Morgan fingerprint density at radius 1 is 1.04 bits per heavy atom. The second-order valence-electron chi connectivity index (χ2n) is 15.1. The molecule has 0 saturated carbocycles. The average Bonchev–Trinajstić information content (AvgIpc) is 3.64. The summed E-state index contributed by atoms with van der Waals surface area (Å²) in [5, 5.41) is 37.6. The van der Waals surface area contributed by atoms with Crippen molar-refractivity contribution in [1.29, 1.82) is 0 Å². The maximum atomic E-state index is 15.9. The molecule has 0 aromatic heterocycles. The Hall–Kier alpha value is -4.45. The molecular weight excluding hydrogens is 735 g/mol. The number of piperazine rings is 1. The molecule has 3 unspecified atom stereocenters. The molecular formula is C39H43N3O12S. The molecule has 292 valence electrons. The third-order valence-electron chi connectivity index (χ3n) is 12.4. The van der Waals surface area contributed by atoms with Gasteiger partial charge in [-0.3, -0.25) is 19.9 Å². The number of aliphatic hydroxyl groups excluding tert-OH is 1. The zero-order chi connectivity index (χ0) is 38.8. The lowest BCUT2D eigenvalue weighted by Gasteiger charge is -2.61. The van der Waals surface area contributed by atoms with Gasteiger partial charge in [-0.2, -0.15) is 0 Å². The van der Waals surface area contributed by atoms with Crippen LogP contribution in [0.1, 0.15) is 68.8 Å². The number of aliphatic hydroxyl groups is 1. The van der Waals surface area contributed by atoms with Gasteiger partial charge >= 0.3 is 11.9 Å². The number of nitrogens with one attached hydrogen (secondary N) is 1. The number of phenolic OH excluding ortho intramolecular Hbond substituents is 2. The van der Waals surface area contributed by atoms with Crippen molar-refractivity contribution in [3.63, 3.8) is 0 Å². The number of phenols is 2. The second-order valence-corrected chi connectivity index (χ2v) is 16.7. The zero-order valence-electron chi connectivity index (χ0n) is 31.3. The minimum absolute atomic E-state index is 0.0529. The van der Waals surface area contributed by atoms with Gasteiger partial charge in [0.1, 0.15) is 24.3 Å². The van der Waals surface area contributed by atoms with Crippen molar-refractivity contribution in [2.75, 3.05) is 47.0 Å². The third kappa shape index (κ3) is 4.94. The number of aryl methyl sites for hydroxylation is 1. The van der Waals surface area contributed by atoms with Crippen LogP contribution in [0.4, 0.5) is 0 Å². The number of rotatable bonds is 3. The molecule has 2 saturated heterocycles. The molecule has 10 rings (SSSR count). The number of carbonyl (C=O) groups is 2. The minimum atomic E-state index is -2.06. The Balaban J connectivity index is 1.35. The second kappa shape index (κ2) is 12.8. The van der Waals surface area contributed by atoms with Crippen LogP contribution in [0.5, 0.6) is 40.2 Å². The molecule has 16 heteroatoms. The van der Waals surface area contributed by atoms with Gasteiger partial charge in [0.05, 0.1) is 44.0 Å². The van der Waals surface area contributed by atoms with Gasteiger partial charge in [-0.1, -0.05) is 6.07 Å². The summed E-state index contributed by atoms with van der Waals surface area (Å²) in [5.74, 6) is -0.492. The average molecular weight is 778 g/mol. The predicted octanol–water partition coefficient (Wildman–Crippen LogP) is 2.43. The van der Waals surface area contributed by atoms with E-state index in [1.54, 1.807) is 19.1 Å². The zero-order valence-corrected chi connectivity index (χ0v) is 32.1. The summed E-state index contributed by atoms with van der Waals surface area (Å²) in [6.07, 6.45) is -0.330. The largest absolute Gasteiger partial charge is 0.616 e. The van der Waals surface area contributed by atoms with Crippen LogP contribution in [-0.2, 0) is 43.9 Å². The maximum Gasteiger partial charge on any atom is 0.336 e. The fourth-order valence-corrected chi connectivity index (χ4v) is 12.3. The van der Waals surface area contributed by atoms with Gasteiger partial charge < -0.3 is 48.3 Å². The molecule has 55 heavy (non-hydrogen) atoms. The summed E-state index contributed by atoms with van der Waals surface area (Å²) in [6.45, 7) is 4.77. The first-order chi connectivity index (χ1) is 26.3. The number of hydrogen-bond acceptors (Lipinski definition) is 15. The summed E-state index contributed by atoms with van der Waals surface area (Å²) in [6, 6.07) is 2.16. The Labute approximate surface area is 320 Å². The summed E-state index contributed by atoms with van der Waals surface area (Å²) in [4.78, 5) is 31.5. The Bertz CT molecular complexity index is 2160. The molecule has 3 aromatic carbocycles. The van der Waals surface area contributed by atoms with Crippen LogP contribution < -0.4 is 29.0 Å². The van der Waals surface area contributed by atoms with Crippen molar-refractivity contribution in [2.24, 2.45) is 0 Å². The van der Waals surface area contributed by atoms with Gasteiger partial charge in [0.15, 0.2) is 45.3 Å². The van der Waals surface area contributed by atoms with Crippen LogP contribution in [-0.4, -0.2) is 107 Å². The fraction of sp³-hybridized carbons (Fsp3) is 0.487. The van der Waals surface area contributed by atoms with Gasteiger partial charge in [0.25, 0.3) is 0 Å². The van der Waals surface area contributed by atoms with Gasteiger partial charge in [0, 0.05) is 30.2 Å². The van der Waals surface area contributed by atoms with E-state index in [0.29, 0.717) is 70.0 Å². The van der Waals surface area contributed by atoms with Crippen LogP contribution in [0.25, 0.3) is 0 Å². The molecule has 4 bridgehead atoms. The topological polar surface area (TPSA) is 192 Å². The van der Waals surface area contributed by atoms with Crippen LogP contribution in [0, 0.1) is 13.8 Å². The molecule has 3 aromatic rings. The predicted molar refractivity (Wildman–Crippen MR) is 195 cm³/mol. The smallest absolute Gasteiger partial charge is 0.336 e. The number of aromatic hydroxyl groups is 2. The lowest BCUT2D eigenvalue weighted by atomic mass is 9.73. The van der Waals surface area contributed by atoms with E-state index in [1.807, 2.05) is 29.8 Å². The number of carbonyl (C=O) groups excluding carboxylic acids is 2. The molecule has 8 atom stereocenters. The first-order valence-electron chi connectivity index (χ1n) is 18.2. The van der Waals surface area contributed by atoms with Crippen molar-refractivity contribution in [2.45, 2.75) is 74.8 Å². The standard InChI is InChI=1S/C39H43N3O12S/c1-16-9-20-10-22-37(46)42-23-13-51-38(47)39(21-12-25(49-5)24(44)11-19(21)7-8-40-39)14-55(48)36(30(42)29(41(22)4)26(20)31(45)32(16)50-6)28-27(23)35-34(52-15-53-35)17(2)33(28)54-18(3)43/h9,11-12,22-23,29-30,36-37,40,44-46H,7-8,10,13-15H2,1-6H3/t22-,23-,29?,30?,36+,37-,39+,55?/m0/s1. The monoisotopic (exact) mass is 777 g/mol. The number of fused-ring (bicyclic) bond motifs is 9. The van der Waals surface area contributed by atoms with E-state index >= 15 is 4.55 Å². The number of likely N-dealkylation sites (N-methyl/N-ethyl adjacent to an activating group) is 1. The molecule has 7 aliphatic heterocycles. The van der Waals surface area contributed by atoms with E-state index in [9.17, 15) is 24.9 Å². The quantitative estimate of drug-likeness (QED) is 0.172. The molecule has 4 N–H and O–H groups in total. The van der Waals surface area contributed by atoms with E-state index < -0.39 is 64.3 Å². The lowest BCUT2D eigenvalue weighted by Crippen LogP contribution is -2.71. The Kier molecular flexibility index (Phi) is 8.42. The number of ether oxygens (including phenoxy) is 6. The van der Waals surface area contributed by atoms with Crippen molar-refractivity contribution in [1.82, 2.24) is 15.1 Å². The number of nitrogens with zero attached hydrogens (tertiary/aromatic N) is 2. The maximum absolute atomic E-state index is 15.9. The first-order valence-corrected chi connectivity index (χ1v) is 19.6. The number of methoxy groups -OCH3 is 2. The molecule has 1 spiro atoms. The molecule has 0 radical (unpaired) electrons. The lowest BCUT2D eigenvalue weighted by molar-refractivity contribution is -0.187. The van der Waals surface area contributed by atoms with Crippen LogP contribution in [0.2, 0.25) is 0 Å². The van der Waals surface area contributed by atoms with E-state index in [0.717, 1.165) is 11.1 Å². The highest BCUT2D eigenvalue weighted by Crippen LogP contribution is 2.63. The number of esters is 2. The van der Waals surface area contributed by atoms with Crippen molar-refractivity contribution < 1.29 is 57.9 Å². The van der Waals surface area contributed by atoms with Gasteiger partial charge in [-0.05, 0) is 79.3 Å². The molecule has 7 heterocycles. The molecule has 2 fully saturated rings. The van der Waals surface area contributed by atoms with Crippen LogP contribution in [0.3, 0.4) is 0 Å². The van der Waals surface area contributed by atoms with E-state index in [-0.39, 0.29) is 42.2 Å². The van der Waals surface area contributed by atoms with Gasteiger partial charge in [0.2, 0.25) is 6.79 Å². The highest BCUT2D eigenvalue weighted by atomic mass is 32.2. The van der Waals surface area contributed by atoms with Crippen molar-refractivity contribution >= 4 is 23.1 Å². The van der Waals surface area contributed by atoms with Gasteiger partial charge in [-0.15, -0.1) is 0 Å². The highest BCUT2D eigenvalue weighted by Gasteiger charge is 2.65. The molecule has 15 nitrogen and oxygen atoms in total. The molecule has 7 aliphatic rings. The number of benzene rings is 3. The van der Waals surface area contributed by atoms with Crippen LogP contribution in [0.15, 0.2) is 18.2 Å². The Morgan fingerprint density at radius 3 is 2.53 bits per heavy atom. The van der Waals surface area contributed by atoms with E-state index in [1.165, 1.54) is 21.1 Å². The van der Waals surface area contributed by atoms with E-state index in [2.05, 4.69) is 5.32 Å². The fourth-order valence-electron chi connectivity index (χ4n) is 10.2. The summed E-state index contributed by atoms with van der Waals surface area (Å²) < 4.78 is 51.5. The first kappa shape index (κ1) is 36.2.